The third kappa shape index (κ3) is 9.60. The highest BCUT2D eigenvalue weighted by Gasteiger charge is 2.24. The van der Waals surface area contributed by atoms with Gasteiger partial charge < -0.3 is 4.90 Å². The Hall–Kier alpha value is -2.95. The van der Waals surface area contributed by atoms with Crippen molar-refractivity contribution in [1.29, 1.82) is 0 Å². The highest BCUT2D eigenvalue weighted by molar-refractivity contribution is 6.30. The number of piperidine rings is 1. The number of aryl methyl sites for hydroxylation is 1. The summed E-state index contributed by atoms with van der Waals surface area (Å²) in [5.74, 6) is 0.586. The minimum absolute atomic E-state index is 0.0448. The SMILES string of the molecule is CC.CCN(CCc1cccc(C(=O)CCC(=O)N2CCC(c3ccc(Cl)cc3)CC2)c1)Cc1cccc(C)c1. The molecule has 0 radical (unpaired) electrons. The van der Waals surface area contributed by atoms with Gasteiger partial charge in [0.05, 0.1) is 0 Å². The number of benzene rings is 3. The first-order valence-electron chi connectivity index (χ1n) is 14.8. The monoisotopic (exact) mass is 560 g/mol. The fourth-order valence-corrected chi connectivity index (χ4v) is 5.45. The van der Waals surface area contributed by atoms with E-state index in [0.717, 1.165) is 62.6 Å². The van der Waals surface area contributed by atoms with Gasteiger partial charge >= 0.3 is 0 Å². The van der Waals surface area contributed by atoms with Crippen molar-refractivity contribution in [3.05, 3.63) is 106 Å². The van der Waals surface area contributed by atoms with Crippen molar-refractivity contribution < 1.29 is 9.59 Å². The molecule has 1 aliphatic rings. The van der Waals surface area contributed by atoms with Crippen LogP contribution in [-0.4, -0.2) is 47.7 Å². The second-order valence-corrected chi connectivity index (χ2v) is 10.9. The first-order chi connectivity index (χ1) is 19.4. The van der Waals surface area contributed by atoms with E-state index >= 15 is 0 Å². The van der Waals surface area contributed by atoms with Gasteiger partial charge in [0.25, 0.3) is 0 Å². The molecule has 0 atom stereocenters. The summed E-state index contributed by atoms with van der Waals surface area (Å²) in [6.45, 7) is 12.6. The van der Waals surface area contributed by atoms with Crippen LogP contribution in [0.1, 0.15) is 85.0 Å². The Balaban J connectivity index is 0.00000216. The van der Waals surface area contributed by atoms with E-state index in [1.54, 1.807) is 0 Å². The molecule has 3 aromatic carbocycles. The molecule has 4 rings (SSSR count). The van der Waals surface area contributed by atoms with E-state index in [1.807, 2.05) is 49.1 Å². The van der Waals surface area contributed by atoms with Crippen LogP contribution in [0.15, 0.2) is 72.8 Å². The summed E-state index contributed by atoms with van der Waals surface area (Å²) >= 11 is 6.01. The summed E-state index contributed by atoms with van der Waals surface area (Å²) in [5, 5.41) is 0.748. The van der Waals surface area contributed by atoms with Gasteiger partial charge in [-0.2, -0.15) is 0 Å². The van der Waals surface area contributed by atoms with Gasteiger partial charge in [-0.3, -0.25) is 14.5 Å². The number of halogens is 1. The van der Waals surface area contributed by atoms with Gasteiger partial charge in [0.1, 0.15) is 0 Å². The Kier molecular flexibility index (Phi) is 12.9. The maximum absolute atomic E-state index is 12.9. The van der Waals surface area contributed by atoms with Crippen LogP contribution in [0.4, 0.5) is 0 Å². The van der Waals surface area contributed by atoms with Gasteiger partial charge in [-0.15, -0.1) is 0 Å². The first kappa shape index (κ1) is 31.6. The molecule has 0 unspecified atom stereocenters. The smallest absolute Gasteiger partial charge is 0.223 e. The molecule has 0 aromatic heterocycles. The fraction of sp³-hybridized carbons (Fsp3) is 0.429. The number of carbonyl (C=O) groups excluding carboxylic acids is 2. The van der Waals surface area contributed by atoms with E-state index < -0.39 is 0 Å². The van der Waals surface area contributed by atoms with E-state index in [0.29, 0.717) is 11.5 Å². The van der Waals surface area contributed by atoms with E-state index in [-0.39, 0.29) is 24.5 Å². The number of hydrogen-bond acceptors (Lipinski definition) is 3. The zero-order valence-corrected chi connectivity index (χ0v) is 25.4. The highest BCUT2D eigenvalue weighted by atomic mass is 35.5. The standard InChI is InChI=1S/C33H39ClN2O2.C2H6/c1-3-35(24-27-8-4-6-25(2)22-27)19-16-26-7-5-9-30(23-26)32(37)14-15-33(38)36-20-17-29(18-21-36)28-10-12-31(34)13-11-28;1-2/h4-13,22-23,29H,3,14-21,24H2,1-2H3;1-2H3. The average molecular weight is 561 g/mol. The molecule has 1 fully saturated rings. The second-order valence-electron chi connectivity index (χ2n) is 10.4. The molecule has 0 N–H and O–H groups in total. The van der Waals surface area contributed by atoms with Crippen LogP contribution >= 0.6 is 11.6 Å². The molecule has 0 spiro atoms. The molecule has 214 valence electrons. The third-order valence-corrected chi connectivity index (χ3v) is 7.91. The zero-order valence-electron chi connectivity index (χ0n) is 24.7. The van der Waals surface area contributed by atoms with Crippen LogP contribution in [-0.2, 0) is 17.8 Å². The maximum atomic E-state index is 12.9. The Morgan fingerprint density at radius 1 is 0.900 bits per heavy atom. The number of hydrogen-bond donors (Lipinski definition) is 0. The van der Waals surface area contributed by atoms with Gasteiger partial charge in [0.15, 0.2) is 5.78 Å². The van der Waals surface area contributed by atoms with Gasteiger partial charge in [-0.05, 0) is 73.5 Å². The number of nitrogens with zero attached hydrogens (tertiary/aromatic N) is 2. The molecule has 40 heavy (non-hydrogen) atoms. The summed E-state index contributed by atoms with van der Waals surface area (Å²) in [5.41, 5.74) is 5.77. The largest absolute Gasteiger partial charge is 0.343 e. The summed E-state index contributed by atoms with van der Waals surface area (Å²) in [6.07, 6.45) is 3.31. The highest BCUT2D eigenvalue weighted by Crippen LogP contribution is 2.29. The van der Waals surface area contributed by atoms with E-state index in [4.69, 9.17) is 11.6 Å². The average Bonchev–Trinajstić information content (AvgIpc) is 2.99. The minimum Gasteiger partial charge on any atom is -0.343 e. The van der Waals surface area contributed by atoms with Gasteiger partial charge in [0, 0.05) is 49.6 Å². The Morgan fingerprint density at radius 3 is 2.25 bits per heavy atom. The van der Waals surface area contributed by atoms with Crippen molar-refractivity contribution in [2.24, 2.45) is 0 Å². The lowest BCUT2D eigenvalue weighted by Gasteiger charge is -2.32. The molecule has 5 heteroatoms. The predicted octanol–water partition coefficient (Wildman–Crippen LogP) is 8.11. The lowest BCUT2D eigenvalue weighted by atomic mass is 9.89. The molecular formula is C35H45ClN2O2. The quantitative estimate of drug-likeness (QED) is 0.222. The van der Waals surface area contributed by atoms with Gasteiger partial charge in [-0.25, -0.2) is 0 Å². The van der Waals surface area contributed by atoms with Crippen molar-refractivity contribution in [3.8, 4) is 0 Å². The van der Waals surface area contributed by atoms with Crippen LogP contribution in [0.3, 0.4) is 0 Å². The third-order valence-electron chi connectivity index (χ3n) is 7.66. The lowest BCUT2D eigenvalue weighted by Crippen LogP contribution is -2.38. The summed E-state index contributed by atoms with van der Waals surface area (Å²) < 4.78 is 0. The Labute approximate surface area is 246 Å². The molecule has 1 heterocycles. The van der Waals surface area contributed by atoms with Gasteiger partial charge in [-0.1, -0.05) is 92.5 Å². The number of ketones is 1. The Morgan fingerprint density at radius 2 is 1.57 bits per heavy atom. The van der Waals surface area contributed by atoms with Crippen molar-refractivity contribution in [2.75, 3.05) is 26.2 Å². The number of likely N-dealkylation sites (tertiary alicyclic amines) is 1. The van der Waals surface area contributed by atoms with Crippen molar-refractivity contribution in [1.82, 2.24) is 9.80 Å². The number of amides is 1. The summed E-state index contributed by atoms with van der Waals surface area (Å²) in [4.78, 5) is 30.1. The van der Waals surface area contributed by atoms with Crippen LogP contribution in [0.25, 0.3) is 0 Å². The molecule has 0 bridgehead atoms. The maximum Gasteiger partial charge on any atom is 0.223 e. The first-order valence-corrected chi connectivity index (χ1v) is 15.2. The van der Waals surface area contributed by atoms with Crippen molar-refractivity contribution in [2.45, 2.75) is 72.3 Å². The van der Waals surface area contributed by atoms with Crippen LogP contribution < -0.4 is 0 Å². The minimum atomic E-state index is 0.0448. The molecule has 0 saturated carbocycles. The molecule has 1 saturated heterocycles. The molecule has 0 aliphatic carbocycles. The summed E-state index contributed by atoms with van der Waals surface area (Å²) in [6, 6.07) is 24.6. The Bertz CT molecular complexity index is 1220. The summed E-state index contributed by atoms with van der Waals surface area (Å²) in [7, 11) is 0. The van der Waals surface area contributed by atoms with Crippen LogP contribution in [0.2, 0.25) is 5.02 Å². The fourth-order valence-electron chi connectivity index (χ4n) is 5.33. The molecule has 1 aliphatic heterocycles. The lowest BCUT2D eigenvalue weighted by molar-refractivity contribution is -0.132. The molecule has 4 nitrogen and oxygen atoms in total. The molecule has 1 amide bonds. The van der Waals surface area contributed by atoms with E-state index in [9.17, 15) is 9.59 Å². The number of rotatable bonds is 11. The van der Waals surface area contributed by atoms with E-state index in [1.165, 1.54) is 16.7 Å². The number of carbonyl (C=O) groups is 2. The molecular weight excluding hydrogens is 516 g/mol. The van der Waals surface area contributed by atoms with Crippen molar-refractivity contribution in [3.63, 3.8) is 0 Å². The molecule has 3 aromatic rings. The van der Waals surface area contributed by atoms with Crippen LogP contribution in [0, 0.1) is 6.92 Å². The van der Waals surface area contributed by atoms with Crippen LogP contribution in [0.5, 0.6) is 0 Å². The second kappa shape index (κ2) is 16.3. The zero-order chi connectivity index (χ0) is 28.9. The topological polar surface area (TPSA) is 40.6 Å². The number of Topliss-reactive ketones (excluding diaryl/α,β-unsaturated/α-hetero) is 1. The van der Waals surface area contributed by atoms with E-state index in [2.05, 4.69) is 61.2 Å². The van der Waals surface area contributed by atoms with Crippen molar-refractivity contribution >= 4 is 23.3 Å². The normalized spacial score (nSPS) is 13.6. The predicted molar refractivity (Wildman–Crippen MR) is 167 cm³/mol. The van der Waals surface area contributed by atoms with Gasteiger partial charge in [0.2, 0.25) is 5.91 Å². The number of likely N-dealkylation sites (N-methyl/N-ethyl adjacent to an activating group) is 1.